The van der Waals surface area contributed by atoms with Gasteiger partial charge in [0.2, 0.25) is 5.96 Å². The molecule has 1 heterocycles. The van der Waals surface area contributed by atoms with Gasteiger partial charge in [-0.25, -0.2) is 4.99 Å². The zero-order valence-corrected chi connectivity index (χ0v) is 29.9. The maximum atomic E-state index is 12.8. The summed E-state index contributed by atoms with van der Waals surface area (Å²) in [6.07, 6.45) is 1.53. The number of fused-ring (bicyclic) bond motifs is 1. The predicted octanol–water partition coefficient (Wildman–Crippen LogP) is 5.50. The molecule has 0 spiro atoms. The Labute approximate surface area is 308 Å². The topological polar surface area (TPSA) is 173 Å². The summed E-state index contributed by atoms with van der Waals surface area (Å²) in [7, 11) is 0. The number of guanidine groups is 1. The Balaban J connectivity index is 1.05. The second kappa shape index (κ2) is 20.0. The van der Waals surface area contributed by atoms with Crippen molar-refractivity contribution >= 4 is 45.9 Å². The fourth-order valence-electron chi connectivity index (χ4n) is 5.20. The largest absolute Gasteiger partial charge is 0.508 e. The van der Waals surface area contributed by atoms with Gasteiger partial charge < -0.3 is 46.1 Å². The van der Waals surface area contributed by atoms with E-state index in [1.165, 1.54) is 0 Å². The Morgan fingerprint density at radius 3 is 2.26 bits per heavy atom. The number of aliphatic imine (C=N–C) groups is 2. The summed E-state index contributed by atoms with van der Waals surface area (Å²) in [5.41, 5.74) is 4.77. The van der Waals surface area contributed by atoms with Gasteiger partial charge in [0, 0.05) is 47.3 Å². The van der Waals surface area contributed by atoms with Gasteiger partial charge in [0.05, 0.1) is 38.8 Å². The molecule has 13 nitrogen and oxygen atoms in total. The first-order chi connectivity index (χ1) is 25.8. The second-order valence-corrected chi connectivity index (χ2v) is 12.1. The first-order valence-corrected chi connectivity index (χ1v) is 17.4. The standard InChI is InChI=1S/C40H46N8O5/c1-28(41-20-22-52-24-25-53-23-21-43-38(50)31-6-4-3-5-7-31)46-40(48-35-13-15-36(49)16-14-35)47-29(2)45-34-11-9-32(10-12-34)39(51)44-27-30-8-17-37-33(26-30)18-19-42-37/h3-19,26,29,42,45,49H,20-25,27H2,1-2H3,(H,43,50)(H,44,51)(H2,41,46,47,48). The number of aromatic nitrogens is 1. The van der Waals surface area contributed by atoms with Crippen molar-refractivity contribution in [1.29, 1.82) is 0 Å². The Hall–Kier alpha value is -6.18. The number of nitrogens with zero attached hydrogens (tertiary/aromatic N) is 2. The minimum atomic E-state index is -0.368. The third-order valence-electron chi connectivity index (χ3n) is 7.87. The van der Waals surface area contributed by atoms with Crippen molar-refractivity contribution in [3.63, 3.8) is 0 Å². The number of aromatic hydroxyl groups is 1. The lowest BCUT2D eigenvalue weighted by molar-refractivity contribution is 0.0512. The van der Waals surface area contributed by atoms with Crippen LogP contribution in [-0.2, 0) is 16.0 Å². The van der Waals surface area contributed by atoms with Crippen molar-refractivity contribution in [1.82, 2.24) is 20.9 Å². The number of hydrogen-bond acceptors (Lipinski definition) is 8. The van der Waals surface area contributed by atoms with Crippen LogP contribution in [0.1, 0.15) is 40.1 Å². The van der Waals surface area contributed by atoms with Gasteiger partial charge >= 0.3 is 0 Å². The molecular formula is C40H46N8O5. The van der Waals surface area contributed by atoms with Crippen molar-refractivity contribution in [2.24, 2.45) is 9.98 Å². The number of aromatic amines is 1. The third kappa shape index (κ3) is 12.8. The molecule has 13 heteroatoms. The molecule has 0 saturated heterocycles. The molecule has 1 aromatic heterocycles. The molecule has 0 bridgehead atoms. The lowest BCUT2D eigenvalue weighted by Gasteiger charge is -2.17. The van der Waals surface area contributed by atoms with Gasteiger partial charge in [0.1, 0.15) is 11.9 Å². The van der Waals surface area contributed by atoms with Gasteiger partial charge in [0.15, 0.2) is 0 Å². The Morgan fingerprint density at radius 2 is 1.49 bits per heavy atom. The van der Waals surface area contributed by atoms with Crippen LogP contribution in [0.5, 0.6) is 5.75 Å². The zero-order chi connectivity index (χ0) is 37.3. The molecule has 53 heavy (non-hydrogen) atoms. The number of carbonyl (C=O) groups is 2. The van der Waals surface area contributed by atoms with E-state index in [4.69, 9.17) is 14.5 Å². The minimum Gasteiger partial charge on any atom is -0.508 e. The first-order valence-electron chi connectivity index (χ1n) is 17.4. The van der Waals surface area contributed by atoms with Crippen LogP contribution < -0.4 is 26.6 Å². The van der Waals surface area contributed by atoms with Crippen LogP contribution in [0.15, 0.2) is 119 Å². The molecule has 0 aliphatic carbocycles. The third-order valence-corrected chi connectivity index (χ3v) is 7.87. The molecule has 1 unspecified atom stereocenters. The molecule has 0 radical (unpaired) electrons. The molecule has 1 atom stereocenters. The minimum absolute atomic E-state index is 0.129. The SMILES string of the molecule is CC(=NCCOCCOCCNC(=O)c1ccccc1)N/C(=N\C(C)Nc1ccc(C(=O)NCc2ccc3[nH]ccc3c2)cc1)Nc1ccc(O)cc1. The van der Waals surface area contributed by atoms with E-state index in [1.54, 1.807) is 48.5 Å². The lowest BCUT2D eigenvalue weighted by atomic mass is 10.1. The second-order valence-electron chi connectivity index (χ2n) is 12.1. The van der Waals surface area contributed by atoms with Gasteiger partial charge in [0.25, 0.3) is 11.8 Å². The molecular weight excluding hydrogens is 672 g/mol. The number of carbonyl (C=O) groups excluding carboxylic acids is 2. The number of anilines is 2. The van der Waals surface area contributed by atoms with E-state index in [-0.39, 0.29) is 23.7 Å². The van der Waals surface area contributed by atoms with E-state index in [2.05, 4.69) is 42.6 Å². The summed E-state index contributed by atoms with van der Waals surface area (Å²) >= 11 is 0. The van der Waals surface area contributed by atoms with Crippen LogP contribution >= 0.6 is 0 Å². The molecule has 276 valence electrons. The maximum Gasteiger partial charge on any atom is 0.251 e. The number of phenolic OH excluding ortho intramolecular Hbond substituents is 1. The van der Waals surface area contributed by atoms with Crippen LogP contribution in [0.3, 0.4) is 0 Å². The summed E-state index contributed by atoms with van der Waals surface area (Å²) < 4.78 is 11.2. The van der Waals surface area contributed by atoms with Gasteiger partial charge in [-0.15, -0.1) is 0 Å². The fourth-order valence-corrected chi connectivity index (χ4v) is 5.20. The zero-order valence-electron chi connectivity index (χ0n) is 29.9. The summed E-state index contributed by atoms with van der Waals surface area (Å²) in [6, 6.07) is 31.0. The van der Waals surface area contributed by atoms with E-state index in [1.807, 2.05) is 68.6 Å². The number of H-pyrrole nitrogens is 1. The van der Waals surface area contributed by atoms with E-state index in [0.29, 0.717) is 69.0 Å². The monoisotopic (exact) mass is 718 g/mol. The van der Waals surface area contributed by atoms with Crippen LogP contribution in [0.4, 0.5) is 11.4 Å². The molecule has 7 N–H and O–H groups in total. The van der Waals surface area contributed by atoms with Crippen molar-refractivity contribution in [3.05, 3.63) is 126 Å². The quantitative estimate of drug-likeness (QED) is 0.0286. The smallest absolute Gasteiger partial charge is 0.251 e. The van der Waals surface area contributed by atoms with E-state index in [9.17, 15) is 14.7 Å². The number of phenols is 1. The molecule has 2 amide bonds. The van der Waals surface area contributed by atoms with Crippen molar-refractivity contribution in [3.8, 4) is 5.75 Å². The van der Waals surface area contributed by atoms with E-state index in [0.717, 1.165) is 27.8 Å². The average Bonchev–Trinajstić information content (AvgIpc) is 3.64. The predicted molar refractivity (Wildman–Crippen MR) is 210 cm³/mol. The van der Waals surface area contributed by atoms with E-state index >= 15 is 0 Å². The summed E-state index contributed by atoms with van der Waals surface area (Å²) in [5.74, 6) is 0.941. The number of amidine groups is 1. The molecule has 5 aromatic rings. The molecule has 0 aliphatic heterocycles. The molecule has 5 rings (SSSR count). The van der Waals surface area contributed by atoms with E-state index < -0.39 is 0 Å². The molecule has 0 fully saturated rings. The van der Waals surface area contributed by atoms with Crippen LogP contribution in [0.25, 0.3) is 10.9 Å². The van der Waals surface area contributed by atoms with Crippen LogP contribution in [0, 0.1) is 0 Å². The highest BCUT2D eigenvalue weighted by molar-refractivity contribution is 6.05. The molecule has 0 aliphatic rings. The van der Waals surface area contributed by atoms with Crippen molar-refractivity contribution < 1.29 is 24.2 Å². The van der Waals surface area contributed by atoms with Crippen LogP contribution in [0.2, 0.25) is 0 Å². The first kappa shape index (κ1) is 38.1. The normalized spacial score (nSPS) is 12.3. The highest BCUT2D eigenvalue weighted by Gasteiger charge is 2.09. The number of ether oxygens (including phenoxy) is 2. The fraction of sp³-hybridized carbons (Fsp3) is 0.250. The van der Waals surface area contributed by atoms with Crippen molar-refractivity contribution in [2.45, 2.75) is 26.6 Å². The Bertz CT molecular complexity index is 1960. The lowest BCUT2D eigenvalue weighted by Crippen LogP contribution is -2.36. The highest BCUT2D eigenvalue weighted by atomic mass is 16.5. The van der Waals surface area contributed by atoms with Gasteiger partial charge in [-0.1, -0.05) is 24.3 Å². The summed E-state index contributed by atoms with van der Waals surface area (Å²) in [6.45, 7) is 6.61. The number of nitrogens with one attached hydrogen (secondary N) is 6. The molecule has 0 saturated carbocycles. The number of benzene rings is 4. The van der Waals surface area contributed by atoms with Gasteiger partial charge in [-0.05, 0) is 104 Å². The van der Waals surface area contributed by atoms with Crippen molar-refractivity contribution in [2.75, 3.05) is 50.2 Å². The molecule has 4 aromatic carbocycles. The van der Waals surface area contributed by atoms with Gasteiger partial charge in [-0.2, -0.15) is 0 Å². The highest BCUT2D eigenvalue weighted by Crippen LogP contribution is 2.16. The number of hydrogen-bond donors (Lipinski definition) is 7. The number of amides is 2. The number of rotatable bonds is 17. The summed E-state index contributed by atoms with van der Waals surface area (Å²) in [5, 5.41) is 26.4. The average molecular weight is 719 g/mol. The Kier molecular flexibility index (Phi) is 14.4. The Morgan fingerprint density at radius 1 is 0.792 bits per heavy atom. The maximum absolute atomic E-state index is 12.8. The van der Waals surface area contributed by atoms with Gasteiger partial charge in [-0.3, -0.25) is 14.6 Å². The summed E-state index contributed by atoms with van der Waals surface area (Å²) in [4.78, 5) is 37.4. The van der Waals surface area contributed by atoms with Crippen LogP contribution in [-0.4, -0.2) is 79.4 Å².